The Labute approximate surface area is 210 Å². The van der Waals surface area contributed by atoms with Crippen LogP contribution in [0.2, 0.25) is 0 Å². The number of urea groups is 1. The van der Waals surface area contributed by atoms with Crippen molar-refractivity contribution in [1.82, 2.24) is 4.72 Å². The van der Waals surface area contributed by atoms with Crippen LogP contribution in [0.25, 0.3) is 0 Å². The molecule has 0 saturated carbocycles. The summed E-state index contributed by atoms with van der Waals surface area (Å²) in [4.78, 5) is 24.7. The lowest BCUT2D eigenvalue weighted by molar-refractivity contribution is 0.0505. The van der Waals surface area contributed by atoms with Crippen LogP contribution in [0.5, 0.6) is 0 Å². The molecule has 3 aromatic carbocycles. The van der Waals surface area contributed by atoms with Crippen molar-refractivity contribution >= 4 is 37.5 Å². The molecule has 190 valence electrons. The number of carbonyl (C=O) groups is 2. The maximum Gasteiger partial charge on any atom is 0.338 e. The summed E-state index contributed by atoms with van der Waals surface area (Å²) in [5.74, 6) is -0.889. The first-order valence-corrected chi connectivity index (χ1v) is 14.1. The van der Waals surface area contributed by atoms with E-state index in [0.717, 1.165) is 11.1 Å². The average molecular weight is 531 g/mol. The third-order valence-electron chi connectivity index (χ3n) is 5.09. The predicted molar refractivity (Wildman–Crippen MR) is 135 cm³/mol. The molecule has 3 rings (SSSR count). The SMILES string of the molecule is Cc1ccc(S(=O)(=O)CCCOC(=O)c2cccc(NC(=O)NS(=O)(=O)c3ccc(C)cc3)c2)cc1. The predicted octanol–water partition coefficient (Wildman–Crippen LogP) is 3.83. The van der Waals surface area contributed by atoms with Gasteiger partial charge in [0.1, 0.15) is 0 Å². The third-order valence-corrected chi connectivity index (χ3v) is 8.25. The molecule has 0 unspecified atom stereocenters. The zero-order valence-electron chi connectivity index (χ0n) is 19.7. The summed E-state index contributed by atoms with van der Waals surface area (Å²) in [7, 11) is -7.57. The monoisotopic (exact) mass is 530 g/mol. The number of benzene rings is 3. The van der Waals surface area contributed by atoms with E-state index in [0.29, 0.717) is 0 Å². The van der Waals surface area contributed by atoms with Crippen LogP contribution in [-0.2, 0) is 24.6 Å². The van der Waals surface area contributed by atoms with E-state index in [1.165, 1.54) is 48.5 Å². The van der Waals surface area contributed by atoms with Crippen molar-refractivity contribution in [2.24, 2.45) is 0 Å². The first-order chi connectivity index (χ1) is 17.0. The number of anilines is 1. The van der Waals surface area contributed by atoms with Crippen LogP contribution in [0.15, 0.2) is 82.6 Å². The van der Waals surface area contributed by atoms with Crippen molar-refractivity contribution < 1.29 is 31.2 Å². The third kappa shape index (κ3) is 7.40. The summed E-state index contributed by atoms with van der Waals surface area (Å²) in [6.45, 7) is 3.55. The molecule has 0 bridgehead atoms. The van der Waals surface area contributed by atoms with E-state index in [9.17, 15) is 26.4 Å². The summed E-state index contributed by atoms with van der Waals surface area (Å²) >= 11 is 0. The molecular formula is C25H26N2O7S2. The van der Waals surface area contributed by atoms with Gasteiger partial charge < -0.3 is 10.1 Å². The van der Waals surface area contributed by atoms with E-state index < -0.39 is 31.9 Å². The summed E-state index contributed by atoms with van der Waals surface area (Å²) in [6.07, 6.45) is 0.110. The number of carbonyl (C=O) groups excluding carboxylic acids is 2. The Bertz CT molecular complexity index is 1450. The highest BCUT2D eigenvalue weighted by atomic mass is 32.2. The number of sulfonamides is 1. The Hall–Kier alpha value is -3.70. The zero-order chi connectivity index (χ0) is 26.3. The lowest BCUT2D eigenvalue weighted by atomic mass is 10.2. The number of amides is 2. The minimum Gasteiger partial charge on any atom is -0.462 e. The topological polar surface area (TPSA) is 136 Å². The molecule has 36 heavy (non-hydrogen) atoms. The molecule has 11 heteroatoms. The van der Waals surface area contributed by atoms with Gasteiger partial charge in [0.25, 0.3) is 10.0 Å². The minimum absolute atomic E-state index is 0.0648. The molecule has 0 atom stereocenters. The standard InChI is InChI=1S/C25H26N2O7S2/c1-18-7-11-22(12-8-18)35(30,31)16-4-15-34-24(28)20-5-3-6-21(17-20)26-25(29)27-36(32,33)23-13-9-19(2)10-14-23/h3,5-14,17H,4,15-16H2,1-2H3,(H2,26,27,29). The number of ether oxygens (including phenoxy) is 1. The van der Waals surface area contributed by atoms with Crippen molar-refractivity contribution in [3.63, 3.8) is 0 Å². The van der Waals surface area contributed by atoms with Gasteiger partial charge in [0, 0.05) is 5.69 Å². The number of sulfone groups is 1. The number of esters is 1. The highest BCUT2D eigenvalue weighted by molar-refractivity contribution is 7.91. The van der Waals surface area contributed by atoms with Gasteiger partial charge in [0.15, 0.2) is 9.84 Å². The number of nitrogens with one attached hydrogen (secondary N) is 2. The molecule has 0 radical (unpaired) electrons. The van der Waals surface area contributed by atoms with Gasteiger partial charge in [-0.1, -0.05) is 41.5 Å². The fourth-order valence-corrected chi connectivity index (χ4v) is 5.33. The average Bonchev–Trinajstić information content (AvgIpc) is 2.82. The van der Waals surface area contributed by atoms with Crippen molar-refractivity contribution in [1.29, 1.82) is 0 Å². The Morgan fingerprint density at radius 2 is 1.39 bits per heavy atom. The van der Waals surface area contributed by atoms with Crippen molar-refractivity contribution in [2.75, 3.05) is 17.7 Å². The maximum absolute atomic E-state index is 12.4. The summed E-state index contributed by atoms with van der Waals surface area (Å²) in [5, 5.41) is 2.37. The summed E-state index contributed by atoms with van der Waals surface area (Å²) in [5.41, 5.74) is 2.10. The molecule has 9 nitrogen and oxygen atoms in total. The Morgan fingerprint density at radius 3 is 2.00 bits per heavy atom. The van der Waals surface area contributed by atoms with Gasteiger partial charge in [-0.25, -0.2) is 31.1 Å². The highest BCUT2D eigenvalue weighted by Gasteiger charge is 2.18. The number of hydrogen-bond donors (Lipinski definition) is 2. The molecule has 0 aliphatic carbocycles. The van der Waals surface area contributed by atoms with E-state index >= 15 is 0 Å². The summed E-state index contributed by atoms with van der Waals surface area (Å²) < 4.78 is 56.5. The van der Waals surface area contributed by atoms with Gasteiger partial charge in [-0.2, -0.15) is 0 Å². The second-order valence-electron chi connectivity index (χ2n) is 8.07. The second-order valence-corrected chi connectivity index (χ2v) is 11.9. The number of hydrogen-bond acceptors (Lipinski definition) is 7. The molecule has 0 fully saturated rings. The van der Waals surface area contributed by atoms with E-state index in [4.69, 9.17) is 4.74 Å². The van der Waals surface area contributed by atoms with Crippen LogP contribution >= 0.6 is 0 Å². The van der Waals surface area contributed by atoms with Crippen LogP contribution in [0.3, 0.4) is 0 Å². The minimum atomic E-state index is -4.07. The van der Waals surface area contributed by atoms with Crippen molar-refractivity contribution in [3.8, 4) is 0 Å². The van der Waals surface area contributed by atoms with E-state index in [1.54, 1.807) is 24.3 Å². The molecule has 0 spiro atoms. The van der Waals surface area contributed by atoms with Crippen molar-refractivity contribution in [2.45, 2.75) is 30.1 Å². The highest BCUT2D eigenvalue weighted by Crippen LogP contribution is 2.15. The van der Waals surface area contributed by atoms with Crippen LogP contribution in [0.1, 0.15) is 27.9 Å². The van der Waals surface area contributed by atoms with Crippen LogP contribution in [0.4, 0.5) is 10.5 Å². The lowest BCUT2D eigenvalue weighted by Gasteiger charge is -2.10. The second kappa shape index (κ2) is 11.4. The Morgan fingerprint density at radius 1 is 0.806 bits per heavy atom. The molecule has 0 aromatic heterocycles. The van der Waals surface area contributed by atoms with E-state index in [2.05, 4.69) is 5.32 Å². The van der Waals surface area contributed by atoms with Gasteiger partial charge >= 0.3 is 12.0 Å². The van der Waals surface area contributed by atoms with Gasteiger partial charge in [-0.3, -0.25) is 0 Å². The zero-order valence-corrected chi connectivity index (χ0v) is 21.4. The quantitative estimate of drug-likeness (QED) is 0.317. The molecule has 0 saturated heterocycles. The van der Waals surface area contributed by atoms with Gasteiger partial charge in [0.05, 0.1) is 27.7 Å². The lowest BCUT2D eigenvalue weighted by Crippen LogP contribution is -2.34. The van der Waals surface area contributed by atoms with Crippen molar-refractivity contribution in [3.05, 3.63) is 89.5 Å². The van der Waals surface area contributed by atoms with Gasteiger partial charge in [-0.05, 0) is 62.7 Å². The fraction of sp³-hybridized carbons (Fsp3) is 0.200. The molecule has 0 aliphatic rings. The first kappa shape index (κ1) is 26.9. The Balaban J connectivity index is 1.52. The van der Waals surface area contributed by atoms with Gasteiger partial charge in [-0.15, -0.1) is 0 Å². The number of aryl methyl sites for hydroxylation is 2. The molecule has 0 heterocycles. The van der Waals surface area contributed by atoms with Gasteiger partial charge in [0.2, 0.25) is 0 Å². The van der Waals surface area contributed by atoms with E-state index in [1.807, 2.05) is 18.6 Å². The maximum atomic E-state index is 12.4. The smallest absolute Gasteiger partial charge is 0.338 e. The van der Waals surface area contributed by atoms with E-state index in [-0.39, 0.29) is 39.8 Å². The first-order valence-electron chi connectivity index (χ1n) is 10.9. The van der Waals surface area contributed by atoms with Crippen LogP contribution in [-0.4, -0.2) is 41.2 Å². The molecule has 2 N–H and O–H groups in total. The largest absolute Gasteiger partial charge is 0.462 e. The summed E-state index contributed by atoms with van der Waals surface area (Å²) in [6, 6.07) is 17.2. The normalized spacial score (nSPS) is 11.5. The molecule has 2 amide bonds. The molecule has 3 aromatic rings. The van der Waals surface area contributed by atoms with Crippen LogP contribution < -0.4 is 10.0 Å². The van der Waals surface area contributed by atoms with Crippen LogP contribution in [0, 0.1) is 13.8 Å². The molecule has 0 aliphatic heterocycles. The molecular weight excluding hydrogens is 504 g/mol. The Kier molecular flexibility index (Phi) is 8.49. The number of rotatable bonds is 9. The fourth-order valence-electron chi connectivity index (χ4n) is 3.14.